The normalized spacial score (nSPS) is 11.1. The van der Waals surface area contributed by atoms with Crippen molar-refractivity contribution in [2.24, 2.45) is 0 Å². The van der Waals surface area contributed by atoms with Gasteiger partial charge < -0.3 is 29.5 Å². The lowest BCUT2D eigenvalue weighted by Gasteiger charge is -2.18. The summed E-state index contributed by atoms with van der Waals surface area (Å²) in [4.78, 5) is 0. The van der Waals surface area contributed by atoms with Gasteiger partial charge in [0.15, 0.2) is 23.0 Å². The Hall–Kier alpha value is -4.57. The Morgan fingerprint density at radius 3 is 2.13 bits per heavy atom. The van der Waals surface area contributed by atoms with Crippen molar-refractivity contribution in [3.8, 4) is 56.8 Å². The van der Waals surface area contributed by atoms with Gasteiger partial charge in [-0.1, -0.05) is 36.4 Å². The maximum atomic E-state index is 11.7. The molecular weight excluding hydrogens is 510 g/mol. The molecule has 0 unspecified atom stereocenters. The molecule has 0 aliphatic rings. The van der Waals surface area contributed by atoms with Gasteiger partial charge in [-0.3, -0.25) is 4.72 Å². The minimum absolute atomic E-state index is 0.00464. The topological polar surface area (TPSA) is 135 Å². The molecule has 0 aromatic heterocycles. The molecule has 0 saturated carbocycles. The van der Waals surface area contributed by atoms with E-state index < -0.39 is 10.0 Å². The molecule has 0 aliphatic carbocycles. The van der Waals surface area contributed by atoms with Gasteiger partial charge in [0.25, 0.3) is 0 Å². The van der Waals surface area contributed by atoms with Crippen LogP contribution in [-0.2, 0) is 16.6 Å². The van der Waals surface area contributed by atoms with E-state index in [2.05, 4.69) is 4.72 Å². The van der Waals surface area contributed by atoms with Crippen LogP contribution in [0.25, 0.3) is 22.3 Å². The number of nitrogens with one attached hydrogen (secondary N) is 1. The van der Waals surface area contributed by atoms with Gasteiger partial charge in [0.05, 0.1) is 31.7 Å². The Kier molecular flexibility index (Phi) is 7.54. The molecule has 0 radical (unpaired) electrons. The molecule has 0 spiro atoms. The molecule has 4 rings (SSSR count). The molecule has 0 atom stereocenters. The zero-order chi connectivity index (χ0) is 27.4. The number of methoxy groups -OCH3 is 2. The van der Waals surface area contributed by atoms with Crippen LogP contribution in [0.15, 0.2) is 72.8 Å². The number of phenolic OH excluding ortho intramolecular Hbond substituents is 3. The lowest BCUT2D eigenvalue weighted by Crippen LogP contribution is -2.12. The summed E-state index contributed by atoms with van der Waals surface area (Å²) >= 11 is 0. The number of ether oxygens (including phenoxy) is 3. The van der Waals surface area contributed by atoms with E-state index in [-0.39, 0.29) is 35.4 Å². The highest BCUT2D eigenvalue weighted by atomic mass is 32.2. The van der Waals surface area contributed by atoms with Crippen molar-refractivity contribution >= 4 is 15.7 Å². The molecule has 4 N–H and O–H groups in total. The summed E-state index contributed by atoms with van der Waals surface area (Å²) in [7, 11) is -0.585. The molecule has 4 aromatic rings. The zero-order valence-corrected chi connectivity index (χ0v) is 21.7. The molecule has 0 bridgehead atoms. The predicted octanol–water partition coefficient (Wildman–Crippen LogP) is 5.11. The Bertz CT molecular complexity index is 1570. The first kappa shape index (κ1) is 26.5. The van der Waals surface area contributed by atoms with E-state index in [0.29, 0.717) is 39.3 Å². The van der Waals surface area contributed by atoms with Crippen LogP contribution < -0.4 is 18.9 Å². The number of anilines is 1. The van der Waals surface area contributed by atoms with E-state index in [9.17, 15) is 23.7 Å². The van der Waals surface area contributed by atoms with Crippen molar-refractivity contribution in [1.82, 2.24) is 0 Å². The van der Waals surface area contributed by atoms with Crippen LogP contribution in [0, 0.1) is 0 Å². The first-order valence-electron chi connectivity index (χ1n) is 11.4. The Morgan fingerprint density at radius 2 is 1.50 bits per heavy atom. The molecule has 38 heavy (non-hydrogen) atoms. The number of hydrogen-bond donors (Lipinski definition) is 4. The Labute approximate surface area is 220 Å². The van der Waals surface area contributed by atoms with Crippen LogP contribution in [0.5, 0.6) is 34.5 Å². The molecule has 198 valence electrons. The van der Waals surface area contributed by atoms with Crippen molar-refractivity contribution < 1.29 is 37.9 Å². The molecule has 0 amide bonds. The quantitative estimate of drug-likeness (QED) is 0.232. The number of sulfonamides is 1. The first-order chi connectivity index (χ1) is 18.1. The standard InChI is InChI=1S/C28H27NO8S/c1-35-25-15-21(17-8-11-20(30)12-9-17)28(36-2)27(32)26(25)18-10-13-24(23(31)14-18)37-16-19-6-4-5-7-22(19)29-38(3,33)34/h4-15,29-32H,16H2,1-3H3. The highest BCUT2D eigenvalue weighted by Crippen LogP contribution is 2.50. The van der Waals surface area contributed by atoms with Gasteiger partial charge in [-0.05, 0) is 47.5 Å². The average molecular weight is 538 g/mol. The van der Waals surface area contributed by atoms with Gasteiger partial charge in [0.1, 0.15) is 18.1 Å². The smallest absolute Gasteiger partial charge is 0.229 e. The monoisotopic (exact) mass is 537 g/mol. The van der Waals surface area contributed by atoms with Crippen molar-refractivity contribution in [3.63, 3.8) is 0 Å². The highest BCUT2D eigenvalue weighted by molar-refractivity contribution is 7.92. The minimum atomic E-state index is -3.48. The third-order valence-corrected chi connectivity index (χ3v) is 6.35. The SMILES string of the molecule is COc1cc(-c2ccc(O)cc2)c(OC)c(O)c1-c1ccc(OCc2ccccc2NS(C)(=O)=O)c(O)c1. The van der Waals surface area contributed by atoms with Gasteiger partial charge in [0.2, 0.25) is 10.0 Å². The van der Waals surface area contributed by atoms with Crippen LogP contribution in [0.1, 0.15) is 5.56 Å². The summed E-state index contributed by atoms with van der Waals surface area (Å²) in [5, 5.41) is 31.5. The number of benzene rings is 4. The van der Waals surface area contributed by atoms with Crippen LogP contribution in [0.4, 0.5) is 5.69 Å². The van der Waals surface area contributed by atoms with E-state index in [4.69, 9.17) is 14.2 Å². The second kappa shape index (κ2) is 10.8. The Morgan fingerprint density at radius 1 is 0.816 bits per heavy atom. The molecule has 0 saturated heterocycles. The van der Waals surface area contributed by atoms with Crippen molar-refractivity contribution in [3.05, 3.63) is 78.4 Å². The van der Waals surface area contributed by atoms with Gasteiger partial charge in [0, 0.05) is 11.1 Å². The molecule has 9 nitrogen and oxygen atoms in total. The van der Waals surface area contributed by atoms with E-state index in [1.165, 1.54) is 38.5 Å². The van der Waals surface area contributed by atoms with Crippen molar-refractivity contribution in [2.45, 2.75) is 6.61 Å². The van der Waals surface area contributed by atoms with Crippen LogP contribution in [0.2, 0.25) is 0 Å². The fraction of sp³-hybridized carbons (Fsp3) is 0.143. The summed E-state index contributed by atoms with van der Waals surface area (Å²) in [6.45, 7) is -0.00464. The summed E-state index contributed by atoms with van der Waals surface area (Å²) in [6, 6.07) is 19.5. The summed E-state index contributed by atoms with van der Waals surface area (Å²) in [6.07, 6.45) is 1.06. The first-order valence-corrected chi connectivity index (χ1v) is 13.3. The lowest BCUT2D eigenvalue weighted by atomic mass is 9.96. The number of phenols is 3. The molecular formula is C28H27NO8S. The van der Waals surface area contributed by atoms with Gasteiger partial charge in [-0.15, -0.1) is 0 Å². The largest absolute Gasteiger partial charge is 0.508 e. The predicted molar refractivity (Wildman–Crippen MR) is 145 cm³/mol. The average Bonchev–Trinajstić information content (AvgIpc) is 2.87. The fourth-order valence-corrected chi connectivity index (χ4v) is 4.62. The summed E-state index contributed by atoms with van der Waals surface area (Å²) < 4.78 is 42.6. The van der Waals surface area contributed by atoms with Crippen molar-refractivity contribution in [2.75, 3.05) is 25.2 Å². The van der Waals surface area contributed by atoms with Gasteiger partial charge in [-0.25, -0.2) is 8.42 Å². The zero-order valence-electron chi connectivity index (χ0n) is 20.9. The van der Waals surface area contributed by atoms with E-state index in [1.807, 2.05) is 0 Å². The van der Waals surface area contributed by atoms with Crippen LogP contribution in [-0.4, -0.2) is 44.2 Å². The molecule has 0 fully saturated rings. The van der Waals surface area contributed by atoms with Gasteiger partial charge in [-0.2, -0.15) is 0 Å². The van der Waals surface area contributed by atoms with Gasteiger partial charge >= 0.3 is 0 Å². The molecule has 10 heteroatoms. The van der Waals surface area contributed by atoms with Crippen LogP contribution in [0.3, 0.4) is 0 Å². The van der Waals surface area contributed by atoms with Crippen LogP contribution >= 0.6 is 0 Å². The number of aromatic hydroxyl groups is 3. The summed E-state index contributed by atoms with van der Waals surface area (Å²) in [5.41, 5.74) is 2.94. The fourth-order valence-electron chi connectivity index (χ4n) is 4.02. The molecule has 0 heterocycles. The maximum Gasteiger partial charge on any atom is 0.229 e. The Balaban J connectivity index is 1.67. The third kappa shape index (κ3) is 5.70. The highest BCUT2D eigenvalue weighted by Gasteiger charge is 2.22. The van der Waals surface area contributed by atoms with E-state index in [0.717, 1.165) is 6.26 Å². The van der Waals surface area contributed by atoms with Crippen molar-refractivity contribution in [1.29, 1.82) is 0 Å². The molecule has 4 aromatic carbocycles. The lowest BCUT2D eigenvalue weighted by molar-refractivity contribution is 0.289. The second-order valence-electron chi connectivity index (χ2n) is 8.43. The second-order valence-corrected chi connectivity index (χ2v) is 10.2. The van der Waals surface area contributed by atoms with E-state index >= 15 is 0 Å². The summed E-state index contributed by atoms with van der Waals surface area (Å²) in [5.74, 6) is 0.409. The number of rotatable bonds is 9. The van der Waals surface area contributed by atoms with E-state index in [1.54, 1.807) is 48.5 Å². The number of hydrogen-bond acceptors (Lipinski definition) is 8. The number of para-hydroxylation sites is 1. The maximum absolute atomic E-state index is 11.7. The third-order valence-electron chi connectivity index (χ3n) is 5.76. The molecule has 0 aliphatic heterocycles. The minimum Gasteiger partial charge on any atom is -0.508 e.